The fourth-order valence-corrected chi connectivity index (χ4v) is 4.38. The van der Waals surface area contributed by atoms with Gasteiger partial charge >= 0.3 is 0 Å². The van der Waals surface area contributed by atoms with E-state index in [0.717, 1.165) is 16.9 Å². The predicted molar refractivity (Wildman–Crippen MR) is 99.8 cm³/mol. The number of alkyl halides is 2. The van der Waals surface area contributed by atoms with Gasteiger partial charge in [0, 0.05) is 44.1 Å². The molecule has 10 heteroatoms. The lowest BCUT2D eigenvalue weighted by Gasteiger charge is -2.44. The molecule has 2 aliphatic rings. The van der Waals surface area contributed by atoms with Gasteiger partial charge in [-0.05, 0) is 11.5 Å². The van der Waals surface area contributed by atoms with E-state index in [-0.39, 0.29) is 25.1 Å². The third kappa shape index (κ3) is 3.12. The maximum atomic E-state index is 13.2. The average Bonchev–Trinajstić information content (AvgIpc) is 3.30. The van der Waals surface area contributed by atoms with Crippen LogP contribution in [0.3, 0.4) is 0 Å². The zero-order valence-corrected chi connectivity index (χ0v) is 15.8. The Labute approximate surface area is 164 Å². The molecule has 0 atom stereocenters. The summed E-state index contributed by atoms with van der Waals surface area (Å²) >= 11 is 0. The Hall–Kier alpha value is -3.04. The summed E-state index contributed by atoms with van der Waals surface area (Å²) in [5, 5.41) is 7.60. The summed E-state index contributed by atoms with van der Waals surface area (Å²) in [6, 6.07) is 1.91. The molecule has 0 aromatic carbocycles. The summed E-state index contributed by atoms with van der Waals surface area (Å²) in [5.74, 6) is -1.58. The minimum Gasteiger partial charge on any atom is -0.360 e. The molecule has 4 heterocycles. The number of fused-ring (bicyclic) bond motifs is 2. The quantitative estimate of drug-likeness (QED) is 0.696. The number of carbonyl (C=O) groups is 1. The van der Waals surface area contributed by atoms with Crippen molar-refractivity contribution in [3.05, 3.63) is 35.6 Å². The minimum atomic E-state index is -2.63. The first-order chi connectivity index (χ1) is 13.8. The number of halogens is 2. The second kappa shape index (κ2) is 6.23. The lowest BCUT2D eigenvalue weighted by molar-refractivity contribution is -0.151. The number of H-pyrrole nitrogens is 1. The smallest absolute Gasteiger partial charge is 0.273 e. The fourth-order valence-electron chi connectivity index (χ4n) is 4.38. The van der Waals surface area contributed by atoms with Crippen molar-refractivity contribution in [1.29, 1.82) is 0 Å². The van der Waals surface area contributed by atoms with Gasteiger partial charge in [0.25, 0.3) is 5.91 Å². The standard InChI is InChI=1S/C19H20F2N6O2/c1-18(7-19(20,21)8-18)9-23-17(28)14-12-6-27(5-3-13(12)29-26-14)16-11-2-4-22-15(11)24-10-25-16/h2,4,10H,3,5-9H2,1H3,(H,23,28)(H,22,24,25). The first kappa shape index (κ1) is 18.0. The van der Waals surface area contributed by atoms with Crippen molar-refractivity contribution in [3.8, 4) is 0 Å². The third-order valence-electron chi connectivity index (χ3n) is 5.72. The highest BCUT2D eigenvalue weighted by atomic mass is 19.3. The third-order valence-corrected chi connectivity index (χ3v) is 5.72. The Bertz CT molecular complexity index is 1080. The molecule has 1 fully saturated rings. The molecule has 3 aromatic heterocycles. The molecule has 1 aliphatic heterocycles. The molecule has 0 bridgehead atoms. The zero-order valence-electron chi connectivity index (χ0n) is 15.8. The highest BCUT2D eigenvalue weighted by Crippen LogP contribution is 2.51. The second-order valence-corrected chi connectivity index (χ2v) is 8.24. The highest BCUT2D eigenvalue weighted by molar-refractivity contribution is 5.94. The maximum absolute atomic E-state index is 13.2. The summed E-state index contributed by atoms with van der Waals surface area (Å²) in [4.78, 5) is 26.4. The van der Waals surface area contributed by atoms with Crippen molar-refractivity contribution in [3.63, 3.8) is 0 Å². The van der Waals surface area contributed by atoms with Crippen LogP contribution in [0.4, 0.5) is 14.6 Å². The van der Waals surface area contributed by atoms with Crippen LogP contribution in [0.1, 0.15) is 41.6 Å². The van der Waals surface area contributed by atoms with Gasteiger partial charge in [-0.25, -0.2) is 18.7 Å². The van der Waals surface area contributed by atoms with Crippen LogP contribution in [0.25, 0.3) is 11.0 Å². The predicted octanol–water partition coefficient (Wildman–Crippen LogP) is 2.67. The monoisotopic (exact) mass is 402 g/mol. The van der Waals surface area contributed by atoms with Gasteiger partial charge in [0.1, 0.15) is 23.6 Å². The first-order valence-electron chi connectivity index (χ1n) is 9.50. The summed E-state index contributed by atoms with van der Waals surface area (Å²) in [6.07, 6.45) is 3.47. The summed E-state index contributed by atoms with van der Waals surface area (Å²) in [7, 11) is 0. The number of anilines is 1. The Morgan fingerprint density at radius 2 is 2.21 bits per heavy atom. The van der Waals surface area contributed by atoms with Crippen molar-refractivity contribution >= 4 is 22.8 Å². The van der Waals surface area contributed by atoms with Crippen molar-refractivity contribution in [2.24, 2.45) is 5.41 Å². The molecule has 152 valence electrons. The van der Waals surface area contributed by atoms with Gasteiger partial charge in [0.2, 0.25) is 5.92 Å². The normalized spacial score (nSPS) is 19.6. The number of hydrogen-bond donors (Lipinski definition) is 2. The fraction of sp³-hybridized carbons (Fsp3) is 0.474. The van der Waals surface area contributed by atoms with Crippen molar-refractivity contribution < 1.29 is 18.1 Å². The molecule has 8 nitrogen and oxygen atoms in total. The van der Waals surface area contributed by atoms with Crippen LogP contribution < -0.4 is 10.2 Å². The molecule has 5 rings (SSSR count). The van der Waals surface area contributed by atoms with Gasteiger partial charge in [-0.3, -0.25) is 4.79 Å². The Balaban J connectivity index is 1.33. The van der Waals surface area contributed by atoms with Crippen LogP contribution in [0, 0.1) is 5.41 Å². The molecular weight excluding hydrogens is 382 g/mol. The summed E-state index contributed by atoms with van der Waals surface area (Å²) < 4.78 is 31.8. The molecule has 3 aromatic rings. The van der Waals surface area contributed by atoms with E-state index < -0.39 is 17.2 Å². The van der Waals surface area contributed by atoms with Gasteiger partial charge in [-0.15, -0.1) is 0 Å². The van der Waals surface area contributed by atoms with Crippen LogP contribution in [-0.2, 0) is 13.0 Å². The van der Waals surface area contributed by atoms with Gasteiger partial charge in [-0.2, -0.15) is 0 Å². The van der Waals surface area contributed by atoms with Gasteiger partial charge in [0.15, 0.2) is 5.69 Å². The molecule has 1 amide bonds. The maximum Gasteiger partial charge on any atom is 0.273 e. The van der Waals surface area contributed by atoms with E-state index >= 15 is 0 Å². The molecular formula is C19H20F2N6O2. The second-order valence-electron chi connectivity index (χ2n) is 8.24. The molecule has 1 saturated carbocycles. The van der Waals surface area contributed by atoms with Crippen LogP contribution >= 0.6 is 0 Å². The van der Waals surface area contributed by atoms with Crippen LogP contribution in [0.2, 0.25) is 0 Å². The summed E-state index contributed by atoms with van der Waals surface area (Å²) in [5.41, 5.74) is 1.07. The van der Waals surface area contributed by atoms with E-state index in [0.29, 0.717) is 30.8 Å². The molecule has 29 heavy (non-hydrogen) atoms. The number of nitrogens with one attached hydrogen (secondary N) is 2. The minimum absolute atomic E-state index is 0.183. The van der Waals surface area contributed by atoms with Gasteiger partial charge < -0.3 is 19.7 Å². The number of rotatable bonds is 4. The number of nitrogens with zero attached hydrogens (tertiary/aromatic N) is 4. The van der Waals surface area contributed by atoms with E-state index in [1.165, 1.54) is 6.33 Å². The summed E-state index contributed by atoms with van der Waals surface area (Å²) in [6.45, 7) is 3.03. The largest absolute Gasteiger partial charge is 0.360 e. The number of amides is 1. The highest BCUT2D eigenvalue weighted by Gasteiger charge is 2.53. The molecule has 0 saturated heterocycles. The number of aromatic amines is 1. The van der Waals surface area contributed by atoms with Crippen LogP contribution in [0.5, 0.6) is 0 Å². The van der Waals surface area contributed by atoms with E-state index in [1.54, 1.807) is 13.1 Å². The molecule has 0 unspecified atom stereocenters. The molecule has 0 spiro atoms. The average molecular weight is 402 g/mol. The first-order valence-corrected chi connectivity index (χ1v) is 9.50. The van der Waals surface area contributed by atoms with Crippen molar-refractivity contribution in [2.45, 2.75) is 38.7 Å². The Morgan fingerprint density at radius 1 is 1.38 bits per heavy atom. The van der Waals surface area contributed by atoms with Crippen molar-refractivity contribution in [1.82, 2.24) is 25.4 Å². The topological polar surface area (TPSA) is 99.9 Å². The Morgan fingerprint density at radius 3 is 3.00 bits per heavy atom. The zero-order chi connectivity index (χ0) is 20.2. The van der Waals surface area contributed by atoms with Crippen LogP contribution in [-0.4, -0.2) is 45.0 Å². The van der Waals surface area contributed by atoms with E-state index in [1.807, 2.05) is 6.07 Å². The number of carbonyl (C=O) groups excluding carboxylic acids is 1. The van der Waals surface area contributed by atoms with Gasteiger partial charge in [-0.1, -0.05) is 12.1 Å². The van der Waals surface area contributed by atoms with Gasteiger partial charge in [0.05, 0.1) is 11.9 Å². The molecule has 1 aliphatic carbocycles. The lowest BCUT2D eigenvalue weighted by Crippen LogP contribution is -2.50. The molecule has 2 N–H and O–H groups in total. The Kier molecular flexibility index (Phi) is 3.87. The lowest BCUT2D eigenvalue weighted by atomic mass is 9.67. The van der Waals surface area contributed by atoms with Crippen molar-refractivity contribution in [2.75, 3.05) is 18.0 Å². The number of hydrogen-bond acceptors (Lipinski definition) is 6. The van der Waals surface area contributed by atoms with Crippen LogP contribution in [0.15, 0.2) is 23.1 Å². The SMILES string of the molecule is CC1(CNC(=O)c2noc3c2CN(c2ncnc4[nH]ccc24)CC3)CC(F)(F)C1. The molecule has 0 radical (unpaired) electrons. The van der Waals surface area contributed by atoms with E-state index in [4.69, 9.17) is 4.52 Å². The number of aromatic nitrogens is 4. The van der Waals surface area contributed by atoms with E-state index in [2.05, 4.69) is 30.3 Å². The van der Waals surface area contributed by atoms with E-state index in [9.17, 15) is 13.6 Å².